The molecule has 2 heterocycles. The number of nitrogens with zero attached hydrogens (tertiary/aromatic N) is 4. The molecule has 9 heteroatoms. The lowest BCUT2D eigenvalue weighted by molar-refractivity contribution is -0.138. The standard InChI is InChI=1S/C17H19N5O4/c1-5-9-26-16(23)13-10(2)18-17-19-20-21-22(17)14(13)11-7-6-8-12(24-3)15(11)25-4/h5-8,14H,1,9H2,2-4H3,(H,18,19,21)/t14-/m0/s1. The number of rotatable bonds is 6. The molecule has 0 spiro atoms. The average Bonchev–Trinajstić information content (AvgIpc) is 3.12. The number of ether oxygens (including phenoxy) is 3. The van der Waals surface area contributed by atoms with Gasteiger partial charge in [0, 0.05) is 11.3 Å². The van der Waals surface area contributed by atoms with E-state index in [0.717, 1.165) is 0 Å². The van der Waals surface area contributed by atoms with Crippen molar-refractivity contribution in [2.45, 2.75) is 13.0 Å². The van der Waals surface area contributed by atoms with Crippen molar-refractivity contribution < 1.29 is 19.0 Å². The predicted molar refractivity (Wildman–Crippen MR) is 93.0 cm³/mol. The molecule has 9 nitrogen and oxygen atoms in total. The van der Waals surface area contributed by atoms with Crippen LogP contribution in [0.15, 0.2) is 42.1 Å². The zero-order valence-electron chi connectivity index (χ0n) is 14.7. The van der Waals surface area contributed by atoms with E-state index < -0.39 is 12.0 Å². The molecular weight excluding hydrogens is 338 g/mol. The summed E-state index contributed by atoms with van der Waals surface area (Å²) in [6.07, 6.45) is 1.51. The van der Waals surface area contributed by atoms with E-state index in [4.69, 9.17) is 14.2 Å². The van der Waals surface area contributed by atoms with Gasteiger partial charge in [0.25, 0.3) is 0 Å². The Hall–Kier alpha value is -3.36. The van der Waals surface area contributed by atoms with Gasteiger partial charge in [0.05, 0.1) is 19.8 Å². The van der Waals surface area contributed by atoms with E-state index in [0.29, 0.717) is 34.3 Å². The number of hydrogen-bond donors (Lipinski definition) is 1. The molecule has 0 aliphatic carbocycles. The maximum Gasteiger partial charge on any atom is 0.338 e. The van der Waals surface area contributed by atoms with E-state index >= 15 is 0 Å². The molecule has 1 aromatic heterocycles. The van der Waals surface area contributed by atoms with Crippen molar-refractivity contribution in [2.75, 3.05) is 26.1 Å². The van der Waals surface area contributed by atoms with Crippen LogP contribution in [0.5, 0.6) is 11.5 Å². The van der Waals surface area contributed by atoms with Crippen LogP contribution in [0, 0.1) is 0 Å². The fourth-order valence-corrected chi connectivity index (χ4v) is 2.90. The number of benzene rings is 1. The first-order valence-corrected chi connectivity index (χ1v) is 7.86. The van der Waals surface area contributed by atoms with E-state index in [1.54, 1.807) is 20.1 Å². The van der Waals surface area contributed by atoms with Crippen LogP contribution in [0.2, 0.25) is 0 Å². The molecule has 0 amide bonds. The molecular formula is C17H19N5O4. The normalized spacial score (nSPS) is 15.7. The Balaban J connectivity index is 2.19. The third-order valence-corrected chi connectivity index (χ3v) is 3.99. The number of allylic oxidation sites excluding steroid dienone is 1. The average molecular weight is 357 g/mol. The monoisotopic (exact) mass is 357 g/mol. The molecule has 1 N–H and O–H groups in total. The maximum absolute atomic E-state index is 12.7. The molecule has 0 radical (unpaired) electrons. The third-order valence-electron chi connectivity index (χ3n) is 3.99. The number of carbonyl (C=O) groups excluding carboxylic acids is 1. The number of aromatic nitrogens is 4. The fourth-order valence-electron chi connectivity index (χ4n) is 2.90. The summed E-state index contributed by atoms with van der Waals surface area (Å²) in [5.74, 6) is 0.948. The van der Waals surface area contributed by atoms with Crippen LogP contribution in [-0.4, -0.2) is 47.0 Å². The van der Waals surface area contributed by atoms with E-state index in [1.807, 2.05) is 12.1 Å². The zero-order chi connectivity index (χ0) is 18.7. The van der Waals surface area contributed by atoms with Crippen LogP contribution in [0.3, 0.4) is 0 Å². The van der Waals surface area contributed by atoms with Gasteiger partial charge in [-0.2, -0.15) is 4.68 Å². The van der Waals surface area contributed by atoms with E-state index in [9.17, 15) is 4.79 Å². The summed E-state index contributed by atoms with van der Waals surface area (Å²) in [5.41, 5.74) is 1.64. The Bertz CT molecular complexity index is 874. The Kier molecular flexibility index (Phi) is 4.87. The smallest absolute Gasteiger partial charge is 0.338 e. The van der Waals surface area contributed by atoms with Crippen LogP contribution in [0.4, 0.5) is 5.95 Å². The molecule has 0 bridgehead atoms. The fraction of sp³-hybridized carbons (Fsp3) is 0.294. The van der Waals surface area contributed by atoms with Gasteiger partial charge in [-0.15, -0.1) is 0 Å². The van der Waals surface area contributed by atoms with Gasteiger partial charge >= 0.3 is 5.97 Å². The van der Waals surface area contributed by atoms with Gasteiger partial charge in [0.1, 0.15) is 12.6 Å². The van der Waals surface area contributed by atoms with Crippen LogP contribution >= 0.6 is 0 Å². The van der Waals surface area contributed by atoms with E-state index in [2.05, 4.69) is 27.4 Å². The molecule has 0 saturated carbocycles. The van der Waals surface area contributed by atoms with Gasteiger partial charge in [0.2, 0.25) is 5.95 Å². The zero-order valence-corrected chi connectivity index (χ0v) is 14.7. The highest BCUT2D eigenvalue weighted by molar-refractivity contribution is 5.92. The summed E-state index contributed by atoms with van der Waals surface area (Å²) in [6.45, 7) is 5.43. The van der Waals surface area contributed by atoms with Crippen molar-refractivity contribution in [3.63, 3.8) is 0 Å². The van der Waals surface area contributed by atoms with E-state index in [1.165, 1.54) is 17.9 Å². The van der Waals surface area contributed by atoms with Crippen LogP contribution in [0.1, 0.15) is 18.5 Å². The van der Waals surface area contributed by atoms with Gasteiger partial charge in [0.15, 0.2) is 11.5 Å². The molecule has 1 atom stereocenters. The number of anilines is 1. The van der Waals surface area contributed by atoms with E-state index in [-0.39, 0.29) is 6.61 Å². The molecule has 0 fully saturated rings. The van der Waals surface area contributed by atoms with Gasteiger partial charge in [-0.25, -0.2) is 4.79 Å². The number of fused-ring (bicyclic) bond motifs is 1. The molecule has 1 aliphatic rings. The number of para-hydroxylation sites is 1. The lowest BCUT2D eigenvalue weighted by Gasteiger charge is -2.28. The maximum atomic E-state index is 12.7. The van der Waals surface area contributed by atoms with Crippen LogP contribution < -0.4 is 14.8 Å². The highest BCUT2D eigenvalue weighted by Gasteiger charge is 2.37. The first kappa shape index (κ1) is 17.5. The summed E-state index contributed by atoms with van der Waals surface area (Å²) >= 11 is 0. The number of methoxy groups -OCH3 is 2. The summed E-state index contributed by atoms with van der Waals surface area (Å²) in [4.78, 5) is 12.7. The minimum atomic E-state index is -0.636. The lowest BCUT2D eigenvalue weighted by atomic mass is 9.94. The number of esters is 1. The van der Waals surface area contributed by atoms with Crippen molar-refractivity contribution >= 4 is 11.9 Å². The van der Waals surface area contributed by atoms with Gasteiger partial charge < -0.3 is 19.5 Å². The molecule has 1 aromatic carbocycles. The quantitative estimate of drug-likeness (QED) is 0.616. The van der Waals surface area contributed by atoms with Gasteiger partial charge in [-0.3, -0.25) is 0 Å². The lowest BCUT2D eigenvalue weighted by Crippen LogP contribution is -2.30. The molecule has 3 rings (SSSR count). The molecule has 0 saturated heterocycles. The Labute approximate surface area is 150 Å². The molecule has 26 heavy (non-hydrogen) atoms. The van der Waals surface area contributed by atoms with Gasteiger partial charge in [-0.1, -0.05) is 29.9 Å². The number of nitrogens with one attached hydrogen (secondary N) is 1. The molecule has 0 unspecified atom stereocenters. The second-order valence-corrected chi connectivity index (χ2v) is 5.48. The first-order chi connectivity index (χ1) is 12.6. The van der Waals surface area contributed by atoms with Crippen LogP contribution in [-0.2, 0) is 9.53 Å². The largest absolute Gasteiger partial charge is 0.493 e. The van der Waals surface area contributed by atoms with Crippen molar-refractivity contribution in [3.8, 4) is 11.5 Å². The molecule has 2 aromatic rings. The highest BCUT2D eigenvalue weighted by atomic mass is 16.5. The number of carbonyl (C=O) groups is 1. The van der Waals surface area contributed by atoms with Crippen LogP contribution in [0.25, 0.3) is 0 Å². The second kappa shape index (κ2) is 7.26. The van der Waals surface area contributed by atoms with Crippen molar-refractivity contribution in [1.29, 1.82) is 0 Å². The Morgan fingerprint density at radius 1 is 1.38 bits per heavy atom. The summed E-state index contributed by atoms with van der Waals surface area (Å²) in [5, 5.41) is 14.7. The minimum absolute atomic E-state index is 0.0973. The molecule has 1 aliphatic heterocycles. The van der Waals surface area contributed by atoms with Crippen molar-refractivity contribution in [2.24, 2.45) is 0 Å². The minimum Gasteiger partial charge on any atom is -0.493 e. The van der Waals surface area contributed by atoms with Crippen molar-refractivity contribution in [3.05, 3.63) is 47.7 Å². The number of tetrazole rings is 1. The molecule has 136 valence electrons. The second-order valence-electron chi connectivity index (χ2n) is 5.48. The highest BCUT2D eigenvalue weighted by Crippen LogP contribution is 2.42. The number of hydrogen-bond acceptors (Lipinski definition) is 8. The summed E-state index contributed by atoms with van der Waals surface area (Å²) in [7, 11) is 3.09. The SMILES string of the molecule is C=CCOC(=O)C1=C(C)Nc2nnnn2[C@H]1c1cccc(OC)c1OC. The third kappa shape index (κ3) is 2.87. The summed E-state index contributed by atoms with van der Waals surface area (Å²) in [6, 6.07) is 4.78. The topological polar surface area (TPSA) is 100 Å². The van der Waals surface area contributed by atoms with Gasteiger partial charge in [-0.05, 0) is 23.4 Å². The van der Waals surface area contributed by atoms with Crippen molar-refractivity contribution in [1.82, 2.24) is 20.2 Å². The Morgan fingerprint density at radius 2 is 2.19 bits per heavy atom. The predicted octanol–water partition coefficient (Wildman–Crippen LogP) is 1.71. The Morgan fingerprint density at radius 3 is 2.88 bits per heavy atom. The summed E-state index contributed by atoms with van der Waals surface area (Å²) < 4.78 is 17.7. The first-order valence-electron chi connectivity index (χ1n) is 7.86.